The Balaban J connectivity index is 1.48. The average molecular weight is 329 g/mol. The van der Waals surface area contributed by atoms with E-state index in [1.807, 2.05) is 29.2 Å². The van der Waals surface area contributed by atoms with E-state index in [1.54, 1.807) is 7.11 Å². The summed E-state index contributed by atoms with van der Waals surface area (Å²) < 4.78 is 5.46. The van der Waals surface area contributed by atoms with Gasteiger partial charge in [-0.05, 0) is 43.6 Å². The molecule has 1 aromatic carbocycles. The summed E-state index contributed by atoms with van der Waals surface area (Å²) in [7, 11) is 1.64. The van der Waals surface area contributed by atoms with E-state index in [-0.39, 0.29) is 17.2 Å². The number of rotatable bonds is 4. The van der Waals surface area contributed by atoms with Gasteiger partial charge in [-0.15, -0.1) is 0 Å². The van der Waals surface area contributed by atoms with Crippen LogP contribution in [0.25, 0.3) is 0 Å². The van der Waals surface area contributed by atoms with Crippen molar-refractivity contribution in [2.75, 3.05) is 20.2 Å². The summed E-state index contributed by atoms with van der Waals surface area (Å²) in [5, 5.41) is 9.20. The number of carbonyl (C=O) groups is 2. The highest BCUT2D eigenvalue weighted by Crippen LogP contribution is 2.60. The SMILES string of the molecule is COc1ccccc1C1(C(=O)N2CCC3(CC2)CC3C(=O)O)CC1. The van der Waals surface area contributed by atoms with Crippen LogP contribution in [-0.4, -0.2) is 42.1 Å². The second kappa shape index (κ2) is 5.23. The van der Waals surface area contributed by atoms with Gasteiger partial charge in [-0.3, -0.25) is 9.59 Å². The maximum atomic E-state index is 13.2. The van der Waals surface area contributed by atoms with Crippen molar-refractivity contribution in [3.63, 3.8) is 0 Å². The third kappa shape index (κ3) is 2.21. The van der Waals surface area contributed by atoms with Gasteiger partial charge < -0.3 is 14.7 Å². The van der Waals surface area contributed by atoms with Crippen molar-refractivity contribution in [2.24, 2.45) is 11.3 Å². The second-order valence-electron chi connectivity index (χ2n) is 7.53. The highest BCUT2D eigenvalue weighted by atomic mass is 16.5. The van der Waals surface area contributed by atoms with Crippen molar-refractivity contribution in [1.82, 2.24) is 4.90 Å². The molecule has 1 heterocycles. The molecule has 24 heavy (non-hydrogen) atoms. The topological polar surface area (TPSA) is 66.8 Å². The number of carbonyl (C=O) groups excluding carboxylic acids is 1. The number of carboxylic acids is 1. The Hall–Kier alpha value is -2.04. The molecular weight excluding hydrogens is 306 g/mol. The van der Waals surface area contributed by atoms with Crippen molar-refractivity contribution in [3.05, 3.63) is 29.8 Å². The fourth-order valence-corrected chi connectivity index (χ4v) is 4.47. The van der Waals surface area contributed by atoms with E-state index in [4.69, 9.17) is 4.74 Å². The van der Waals surface area contributed by atoms with Crippen LogP contribution in [0.2, 0.25) is 0 Å². The molecule has 2 saturated carbocycles. The Morgan fingerprint density at radius 2 is 1.83 bits per heavy atom. The molecule has 1 spiro atoms. The number of amides is 1. The van der Waals surface area contributed by atoms with Gasteiger partial charge in [0.05, 0.1) is 18.4 Å². The minimum Gasteiger partial charge on any atom is -0.496 e. The highest BCUT2D eigenvalue weighted by Gasteiger charge is 2.61. The summed E-state index contributed by atoms with van der Waals surface area (Å²) in [5.41, 5.74) is 0.531. The highest BCUT2D eigenvalue weighted by molar-refractivity contribution is 5.92. The summed E-state index contributed by atoms with van der Waals surface area (Å²) >= 11 is 0. The Bertz CT molecular complexity index is 686. The maximum absolute atomic E-state index is 13.2. The Labute approximate surface area is 141 Å². The molecule has 2 aliphatic carbocycles. The van der Waals surface area contributed by atoms with Crippen molar-refractivity contribution < 1.29 is 19.4 Å². The Morgan fingerprint density at radius 1 is 1.17 bits per heavy atom. The molecule has 1 aromatic rings. The summed E-state index contributed by atoms with van der Waals surface area (Å²) in [4.78, 5) is 26.3. The minimum absolute atomic E-state index is 0.0379. The van der Waals surface area contributed by atoms with Gasteiger partial charge in [0.25, 0.3) is 0 Å². The predicted octanol–water partition coefficient (Wildman–Crippen LogP) is 2.44. The van der Waals surface area contributed by atoms with E-state index in [9.17, 15) is 14.7 Å². The number of nitrogens with zero attached hydrogens (tertiary/aromatic N) is 1. The first-order valence-corrected chi connectivity index (χ1v) is 8.68. The number of aliphatic carboxylic acids is 1. The number of likely N-dealkylation sites (tertiary alicyclic amines) is 1. The number of hydrogen-bond acceptors (Lipinski definition) is 3. The zero-order chi connectivity index (χ0) is 16.9. The monoisotopic (exact) mass is 329 g/mol. The molecule has 3 fully saturated rings. The molecule has 1 atom stereocenters. The third-order valence-electron chi connectivity index (χ3n) is 6.32. The third-order valence-corrected chi connectivity index (χ3v) is 6.32. The van der Waals surface area contributed by atoms with Crippen LogP contribution in [0.1, 0.15) is 37.7 Å². The first kappa shape index (κ1) is 15.5. The lowest BCUT2D eigenvalue weighted by atomic mass is 9.88. The average Bonchev–Trinajstić information content (AvgIpc) is 3.51. The van der Waals surface area contributed by atoms with Crippen LogP contribution in [-0.2, 0) is 15.0 Å². The van der Waals surface area contributed by atoms with Gasteiger partial charge >= 0.3 is 5.97 Å². The molecule has 1 N–H and O–H groups in total. The van der Waals surface area contributed by atoms with Crippen molar-refractivity contribution in [2.45, 2.75) is 37.5 Å². The fourth-order valence-electron chi connectivity index (χ4n) is 4.47. The molecule has 4 rings (SSSR count). The molecule has 0 bridgehead atoms. The van der Waals surface area contributed by atoms with Gasteiger partial charge in [0.15, 0.2) is 0 Å². The standard InChI is InChI=1S/C19H23NO4/c1-24-15-5-3-2-4-13(15)19(6-7-19)17(23)20-10-8-18(9-11-20)12-14(18)16(21)22/h2-5,14H,6-12H2,1H3,(H,21,22). The molecule has 128 valence electrons. The van der Waals surface area contributed by atoms with Crippen LogP contribution < -0.4 is 4.74 Å². The Morgan fingerprint density at radius 3 is 2.38 bits per heavy atom. The Kier molecular flexibility index (Phi) is 3.37. The van der Waals surface area contributed by atoms with E-state index < -0.39 is 11.4 Å². The van der Waals surface area contributed by atoms with Crippen LogP contribution >= 0.6 is 0 Å². The van der Waals surface area contributed by atoms with Crippen LogP contribution in [0.15, 0.2) is 24.3 Å². The molecule has 1 unspecified atom stereocenters. The molecule has 5 nitrogen and oxygen atoms in total. The normalized spacial score (nSPS) is 26.0. The summed E-state index contributed by atoms with van der Waals surface area (Å²) in [5.74, 6) is 0.0978. The van der Waals surface area contributed by atoms with E-state index in [2.05, 4.69) is 0 Å². The van der Waals surface area contributed by atoms with Crippen LogP contribution in [0.5, 0.6) is 5.75 Å². The van der Waals surface area contributed by atoms with Crippen molar-refractivity contribution in [3.8, 4) is 5.75 Å². The van der Waals surface area contributed by atoms with Crippen molar-refractivity contribution >= 4 is 11.9 Å². The smallest absolute Gasteiger partial charge is 0.307 e. The lowest BCUT2D eigenvalue weighted by molar-refractivity contribution is -0.140. The predicted molar refractivity (Wildman–Crippen MR) is 87.9 cm³/mol. The van der Waals surface area contributed by atoms with Crippen LogP contribution in [0.3, 0.4) is 0 Å². The van der Waals surface area contributed by atoms with Gasteiger partial charge in [-0.2, -0.15) is 0 Å². The zero-order valence-corrected chi connectivity index (χ0v) is 14.0. The first-order valence-electron chi connectivity index (χ1n) is 8.68. The van der Waals surface area contributed by atoms with Gasteiger partial charge in [0.1, 0.15) is 5.75 Å². The van der Waals surface area contributed by atoms with E-state index >= 15 is 0 Å². The molecule has 1 amide bonds. The number of carboxylic acid groups (broad SMARTS) is 1. The molecule has 0 aromatic heterocycles. The minimum atomic E-state index is -0.678. The largest absolute Gasteiger partial charge is 0.496 e. The summed E-state index contributed by atoms with van der Waals surface area (Å²) in [6, 6.07) is 7.79. The van der Waals surface area contributed by atoms with E-state index in [0.29, 0.717) is 13.1 Å². The molecule has 1 saturated heterocycles. The maximum Gasteiger partial charge on any atom is 0.307 e. The fraction of sp³-hybridized carbons (Fsp3) is 0.579. The number of piperidine rings is 1. The van der Waals surface area contributed by atoms with E-state index in [0.717, 1.165) is 43.4 Å². The second-order valence-corrected chi connectivity index (χ2v) is 7.53. The molecule has 5 heteroatoms. The van der Waals surface area contributed by atoms with Crippen LogP contribution in [0.4, 0.5) is 0 Å². The lowest BCUT2D eigenvalue weighted by Gasteiger charge is -2.35. The molecule has 3 aliphatic rings. The van der Waals surface area contributed by atoms with Gasteiger partial charge in [-0.1, -0.05) is 18.2 Å². The van der Waals surface area contributed by atoms with Gasteiger partial charge in [-0.25, -0.2) is 0 Å². The van der Waals surface area contributed by atoms with Gasteiger partial charge in [0.2, 0.25) is 5.91 Å². The van der Waals surface area contributed by atoms with Gasteiger partial charge in [0, 0.05) is 18.7 Å². The van der Waals surface area contributed by atoms with Crippen molar-refractivity contribution in [1.29, 1.82) is 0 Å². The first-order chi connectivity index (χ1) is 11.5. The number of methoxy groups -OCH3 is 1. The quantitative estimate of drug-likeness (QED) is 0.921. The summed E-state index contributed by atoms with van der Waals surface area (Å²) in [6.07, 6.45) is 4.15. The number of para-hydroxylation sites is 1. The lowest BCUT2D eigenvalue weighted by Crippen LogP contribution is -2.45. The number of hydrogen-bond donors (Lipinski definition) is 1. The molecule has 0 radical (unpaired) electrons. The number of benzene rings is 1. The number of ether oxygens (including phenoxy) is 1. The zero-order valence-electron chi connectivity index (χ0n) is 14.0. The molecule has 1 aliphatic heterocycles. The van der Waals surface area contributed by atoms with Crippen LogP contribution in [0, 0.1) is 11.3 Å². The van der Waals surface area contributed by atoms with E-state index in [1.165, 1.54) is 0 Å². The summed E-state index contributed by atoms with van der Waals surface area (Å²) in [6.45, 7) is 1.36. The molecular formula is C19H23NO4.